The first kappa shape index (κ1) is 15.6. The number of barbiturate groups is 2. The maximum atomic E-state index is 12.5. The van der Waals surface area contributed by atoms with E-state index >= 15 is 0 Å². The minimum atomic E-state index is -2.17. The number of imide groups is 4. The second-order valence-corrected chi connectivity index (χ2v) is 5.50. The topological polar surface area (TPSA) is 133 Å². The Hall–Kier alpha value is -2.78. The lowest BCUT2D eigenvalue weighted by molar-refractivity contribution is -0.174. The standard InChI is InChI=1S/C12H14N4O6/c1-11(5(17)13-9(21)15(3)7(11)19)12(2)6(18)14-10(22)16(4)8(12)20/h1-4H3,(H,13,17,21)(H,14,18,22). The summed E-state index contributed by atoms with van der Waals surface area (Å²) < 4.78 is 0. The lowest BCUT2D eigenvalue weighted by Crippen LogP contribution is -2.75. The molecular formula is C12H14N4O6. The maximum absolute atomic E-state index is 12.5. The molecule has 2 N–H and O–H groups in total. The lowest BCUT2D eigenvalue weighted by atomic mass is 9.61. The normalized spacial score (nSPS) is 33.1. The number of urea groups is 2. The molecule has 0 bridgehead atoms. The van der Waals surface area contributed by atoms with E-state index in [1.165, 1.54) is 0 Å². The van der Waals surface area contributed by atoms with E-state index in [1.54, 1.807) is 0 Å². The second-order valence-electron chi connectivity index (χ2n) is 5.50. The van der Waals surface area contributed by atoms with Gasteiger partial charge in [0.05, 0.1) is 0 Å². The fourth-order valence-corrected chi connectivity index (χ4v) is 2.54. The number of nitrogens with one attached hydrogen (secondary N) is 2. The average molecular weight is 310 g/mol. The van der Waals surface area contributed by atoms with Crippen molar-refractivity contribution in [3.8, 4) is 0 Å². The quantitative estimate of drug-likeness (QED) is 0.561. The van der Waals surface area contributed by atoms with Gasteiger partial charge in [0.15, 0.2) is 0 Å². The molecule has 0 radical (unpaired) electrons. The zero-order valence-electron chi connectivity index (χ0n) is 12.3. The Balaban J connectivity index is 2.65. The molecule has 8 amide bonds. The molecule has 2 heterocycles. The minimum Gasteiger partial charge on any atom is -0.277 e. The summed E-state index contributed by atoms with van der Waals surface area (Å²) in [4.78, 5) is 73.6. The van der Waals surface area contributed by atoms with E-state index in [2.05, 4.69) is 0 Å². The summed E-state index contributed by atoms with van der Waals surface area (Å²) in [6.07, 6.45) is 0. The van der Waals surface area contributed by atoms with Gasteiger partial charge in [-0.25, -0.2) is 9.59 Å². The molecule has 0 aromatic rings. The van der Waals surface area contributed by atoms with Crippen LogP contribution >= 0.6 is 0 Å². The van der Waals surface area contributed by atoms with Gasteiger partial charge < -0.3 is 0 Å². The summed E-state index contributed by atoms with van der Waals surface area (Å²) in [6, 6.07) is -1.91. The molecular weight excluding hydrogens is 296 g/mol. The van der Waals surface area contributed by atoms with E-state index in [9.17, 15) is 28.8 Å². The van der Waals surface area contributed by atoms with Crippen LogP contribution in [0.4, 0.5) is 9.59 Å². The highest BCUT2D eigenvalue weighted by atomic mass is 16.2. The molecule has 2 rings (SSSR count). The Morgan fingerprint density at radius 3 is 1.23 bits per heavy atom. The molecule has 0 saturated carbocycles. The number of carbonyl (C=O) groups excluding carboxylic acids is 6. The molecule has 2 atom stereocenters. The molecule has 2 aliphatic rings. The van der Waals surface area contributed by atoms with E-state index in [1.807, 2.05) is 10.6 Å². The van der Waals surface area contributed by atoms with Crippen molar-refractivity contribution in [1.82, 2.24) is 20.4 Å². The molecule has 0 aromatic carbocycles. The van der Waals surface area contributed by atoms with Crippen LogP contribution in [0.1, 0.15) is 13.8 Å². The van der Waals surface area contributed by atoms with Gasteiger partial charge in [-0.2, -0.15) is 0 Å². The van der Waals surface area contributed by atoms with Crippen molar-refractivity contribution in [2.45, 2.75) is 13.8 Å². The number of rotatable bonds is 1. The van der Waals surface area contributed by atoms with E-state index in [0.29, 0.717) is 9.80 Å². The highest BCUT2D eigenvalue weighted by Crippen LogP contribution is 2.45. The Kier molecular flexibility index (Phi) is 3.09. The number of carbonyl (C=O) groups is 6. The molecule has 2 fully saturated rings. The molecule has 2 unspecified atom stereocenters. The van der Waals surface area contributed by atoms with Crippen LogP contribution in [0.3, 0.4) is 0 Å². The minimum absolute atomic E-state index is 0.615. The van der Waals surface area contributed by atoms with Crippen molar-refractivity contribution in [1.29, 1.82) is 0 Å². The van der Waals surface area contributed by atoms with Gasteiger partial charge in [0, 0.05) is 14.1 Å². The number of amides is 8. The van der Waals surface area contributed by atoms with Crippen molar-refractivity contribution in [3.05, 3.63) is 0 Å². The van der Waals surface area contributed by atoms with E-state index in [4.69, 9.17) is 0 Å². The molecule has 0 spiro atoms. The molecule has 2 aliphatic heterocycles. The average Bonchev–Trinajstić information content (AvgIpc) is 2.46. The molecule has 22 heavy (non-hydrogen) atoms. The summed E-state index contributed by atoms with van der Waals surface area (Å²) in [5, 5.41) is 3.86. The summed E-state index contributed by atoms with van der Waals surface area (Å²) >= 11 is 0. The Morgan fingerprint density at radius 2 is 0.955 bits per heavy atom. The molecule has 2 saturated heterocycles. The van der Waals surface area contributed by atoms with Crippen molar-refractivity contribution in [2.24, 2.45) is 10.8 Å². The predicted octanol–water partition coefficient (Wildman–Crippen LogP) is -1.58. The third-order valence-electron chi connectivity index (χ3n) is 4.42. The van der Waals surface area contributed by atoms with Gasteiger partial charge in [-0.1, -0.05) is 0 Å². The van der Waals surface area contributed by atoms with Crippen molar-refractivity contribution in [2.75, 3.05) is 14.1 Å². The highest BCUT2D eigenvalue weighted by molar-refractivity contribution is 6.28. The van der Waals surface area contributed by atoms with Crippen LogP contribution in [0.15, 0.2) is 0 Å². The molecule has 118 valence electrons. The first-order valence-electron chi connectivity index (χ1n) is 6.26. The fourth-order valence-electron chi connectivity index (χ4n) is 2.54. The van der Waals surface area contributed by atoms with E-state index < -0.39 is 46.5 Å². The molecule has 10 nitrogen and oxygen atoms in total. The second kappa shape index (κ2) is 4.36. The van der Waals surface area contributed by atoms with Gasteiger partial charge in [-0.15, -0.1) is 0 Å². The first-order valence-corrected chi connectivity index (χ1v) is 6.26. The zero-order valence-corrected chi connectivity index (χ0v) is 12.3. The summed E-state index contributed by atoms with van der Waals surface area (Å²) in [5.74, 6) is -4.16. The largest absolute Gasteiger partial charge is 0.330 e. The molecule has 0 aliphatic carbocycles. The highest BCUT2D eigenvalue weighted by Gasteiger charge is 2.69. The van der Waals surface area contributed by atoms with Crippen molar-refractivity contribution in [3.63, 3.8) is 0 Å². The van der Waals surface area contributed by atoms with E-state index in [0.717, 1.165) is 27.9 Å². The van der Waals surface area contributed by atoms with Gasteiger partial charge in [-0.3, -0.25) is 39.6 Å². The third-order valence-corrected chi connectivity index (χ3v) is 4.42. The Bertz CT molecular complexity index is 602. The monoisotopic (exact) mass is 310 g/mol. The van der Waals surface area contributed by atoms with Crippen molar-refractivity contribution >= 4 is 35.7 Å². The zero-order chi connectivity index (χ0) is 17.0. The summed E-state index contributed by atoms with van der Waals surface area (Å²) in [6.45, 7) is 2.18. The van der Waals surface area contributed by atoms with Crippen LogP contribution in [-0.4, -0.2) is 59.6 Å². The number of nitrogens with zero attached hydrogens (tertiary/aromatic N) is 2. The van der Waals surface area contributed by atoms with Gasteiger partial charge in [0.1, 0.15) is 10.8 Å². The van der Waals surface area contributed by atoms with Crippen LogP contribution < -0.4 is 10.6 Å². The Morgan fingerprint density at radius 1 is 0.682 bits per heavy atom. The third kappa shape index (κ3) is 1.54. The molecule has 0 aromatic heterocycles. The van der Waals surface area contributed by atoms with E-state index in [-0.39, 0.29) is 0 Å². The van der Waals surface area contributed by atoms with Gasteiger partial charge in [0.2, 0.25) is 23.6 Å². The van der Waals surface area contributed by atoms with Gasteiger partial charge >= 0.3 is 12.1 Å². The first-order chi connectivity index (χ1) is 9.99. The smallest absolute Gasteiger partial charge is 0.277 e. The van der Waals surface area contributed by atoms with Gasteiger partial charge in [0.25, 0.3) is 0 Å². The Labute approximate surface area is 124 Å². The van der Waals surface area contributed by atoms with Crippen LogP contribution in [0.2, 0.25) is 0 Å². The van der Waals surface area contributed by atoms with Gasteiger partial charge in [-0.05, 0) is 13.8 Å². The summed E-state index contributed by atoms with van der Waals surface area (Å²) in [5.41, 5.74) is -4.35. The number of hydrogen-bond acceptors (Lipinski definition) is 6. The van der Waals surface area contributed by atoms with Crippen LogP contribution in [0, 0.1) is 10.8 Å². The fraction of sp³-hybridized carbons (Fsp3) is 0.500. The van der Waals surface area contributed by atoms with Crippen LogP contribution in [0.25, 0.3) is 0 Å². The summed E-state index contributed by atoms with van der Waals surface area (Å²) in [7, 11) is 2.23. The SMILES string of the molecule is CN1C(=O)NC(=O)C(C)(C2(C)C(=O)NC(=O)N(C)C2=O)C1=O. The lowest BCUT2D eigenvalue weighted by Gasteiger charge is -2.47. The van der Waals surface area contributed by atoms with Crippen LogP contribution in [-0.2, 0) is 19.2 Å². The van der Waals surface area contributed by atoms with Crippen LogP contribution in [0.5, 0.6) is 0 Å². The molecule has 10 heteroatoms. The maximum Gasteiger partial charge on any atom is 0.330 e. The van der Waals surface area contributed by atoms with Crippen molar-refractivity contribution < 1.29 is 28.8 Å². The predicted molar refractivity (Wildman–Crippen MR) is 68.8 cm³/mol. The number of hydrogen-bond donors (Lipinski definition) is 2.